The summed E-state index contributed by atoms with van der Waals surface area (Å²) in [6.45, 7) is 4.27. The first-order chi connectivity index (χ1) is 14.5. The van der Waals surface area contributed by atoms with Crippen LogP contribution in [0.5, 0.6) is 0 Å². The van der Waals surface area contributed by atoms with Crippen LogP contribution in [0.15, 0.2) is 83.8 Å². The predicted molar refractivity (Wildman–Crippen MR) is 119 cm³/mol. The standard InChI is InChI=1S/C25H23N3O2/c1-17-10-12-19(13-11-17)16-28-23-21(9-6-14-26-23)15-22(25(28)30)24(29)27-18(2)20-7-4-3-5-8-20/h3-15,18H,16H2,1-2H3,(H,27,29). The predicted octanol–water partition coefficient (Wildman–Crippen LogP) is 4.24. The zero-order valence-corrected chi connectivity index (χ0v) is 17.0. The first-order valence-corrected chi connectivity index (χ1v) is 9.93. The zero-order chi connectivity index (χ0) is 21.1. The Morgan fingerprint density at radius 1 is 1.03 bits per heavy atom. The van der Waals surface area contributed by atoms with E-state index in [2.05, 4.69) is 10.3 Å². The van der Waals surface area contributed by atoms with Gasteiger partial charge in [0.25, 0.3) is 11.5 Å². The van der Waals surface area contributed by atoms with Gasteiger partial charge in [-0.05, 0) is 43.2 Å². The smallest absolute Gasteiger partial charge is 0.265 e. The molecule has 0 fully saturated rings. The van der Waals surface area contributed by atoms with Crippen molar-refractivity contribution in [2.45, 2.75) is 26.4 Å². The molecule has 0 saturated heterocycles. The van der Waals surface area contributed by atoms with E-state index in [4.69, 9.17) is 0 Å². The van der Waals surface area contributed by atoms with Crippen molar-refractivity contribution in [3.8, 4) is 0 Å². The number of rotatable bonds is 5. The number of carbonyl (C=O) groups is 1. The van der Waals surface area contributed by atoms with E-state index >= 15 is 0 Å². The molecule has 30 heavy (non-hydrogen) atoms. The van der Waals surface area contributed by atoms with Gasteiger partial charge < -0.3 is 5.32 Å². The zero-order valence-electron chi connectivity index (χ0n) is 17.0. The van der Waals surface area contributed by atoms with Gasteiger partial charge in [-0.1, -0.05) is 60.2 Å². The minimum atomic E-state index is -0.389. The largest absolute Gasteiger partial charge is 0.345 e. The van der Waals surface area contributed by atoms with Gasteiger partial charge in [-0.15, -0.1) is 0 Å². The molecule has 0 spiro atoms. The molecule has 4 aromatic rings. The second kappa shape index (κ2) is 8.33. The molecule has 0 bridgehead atoms. The number of aromatic nitrogens is 2. The minimum Gasteiger partial charge on any atom is -0.345 e. The number of fused-ring (bicyclic) bond motifs is 1. The number of hydrogen-bond acceptors (Lipinski definition) is 3. The molecular weight excluding hydrogens is 374 g/mol. The van der Waals surface area contributed by atoms with Crippen molar-refractivity contribution in [2.24, 2.45) is 0 Å². The molecule has 0 aliphatic carbocycles. The topological polar surface area (TPSA) is 64.0 Å². The Morgan fingerprint density at radius 2 is 1.77 bits per heavy atom. The molecule has 150 valence electrons. The summed E-state index contributed by atoms with van der Waals surface area (Å²) in [6.07, 6.45) is 1.66. The minimum absolute atomic E-state index is 0.116. The molecule has 2 aromatic carbocycles. The Kier molecular flexibility index (Phi) is 5.44. The molecule has 1 atom stereocenters. The second-order valence-corrected chi connectivity index (χ2v) is 7.46. The van der Waals surface area contributed by atoms with Gasteiger partial charge in [-0.2, -0.15) is 0 Å². The number of amides is 1. The lowest BCUT2D eigenvalue weighted by molar-refractivity contribution is 0.0938. The van der Waals surface area contributed by atoms with E-state index in [0.29, 0.717) is 12.2 Å². The molecule has 5 heteroatoms. The van der Waals surface area contributed by atoms with Crippen molar-refractivity contribution >= 4 is 16.9 Å². The van der Waals surface area contributed by atoms with Crippen molar-refractivity contribution in [1.82, 2.24) is 14.9 Å². The molecule has 0 saturated carbocycles. The highest BCUT2D eigenvalue weighted by Gasteiger charge is 2.18. The van der Waals surface area contributed by atoms with Crippen LogP contribution in [0.1, 0.15) is 40.0 Å². The Labute approximate surface area is 175 Å². The fourth-order valence-corrected chi connectivity index (χ4v) is 3.49. The molecule has 1 unspecified atom stereocenters. The molecule has 4 rings (SSSR count). The maximum absolute atomic E-state index is 13.3. The Morgan fingerprint density at radius 3 is 2.50 bits per heavy atom. The van der Waals surface area contributed by atoms with Crippen molar-refractivity contribution in [3.05, 3.63) is 112 Å². The normalized spacial score (nSPS) is 11.9. The number of benzene rings is 2. The van der Waals surface area contributed by atoms with Gasteiger partial charge in [-0.3, -0.25) is 14.2 Å². The summed E-state index contributed by atoms with van der Waals surface area (Å²) in [5.41, 5.74) is 3.44. The third kappa shape index (κ3) is 4.01. The summed E-state index contributed by atoms with van der Waals surface area (Å²) in [4.78, 5) is 30.7. The second-order valence-electron chi connectivity index (χ2n) is 7.46. The van der Waals surface area contributed by atoms with Crippen molar-refractivity contribution < 1.29 is 4.79 Å². The fourth-order valence-electron chi connectivity index (χ4n) is 3.49. The number of nitrogens with one attached hydrogen (secondary N) is 1. The van der Waals surface area contributed by atoms with Crippen LogP contribution in [0.25, 0.3) is 11.0 Å². The van der Waals surface area contributed by atoms with Gasteiger partial charge in [-0.25, -0.2) is 4.98 Å². The van der Waals surface area contributed by atoms with E-state index < -0.39 is 0 Å². The highest BCUT2D eigenvalue weighted by atomic mass is 16.2. The van der Waals surface area contributed by atoms with E-state index in [-0.39, 0.29) is 23.1 Å². The summed E-state index contributed by atoms with van der Waals surface area (Å²) < 4.78 is 1.57. The Hall–Kier alpha value is -3.73. The highest BCUT2D eigenvalue weighted by Crippen LogP contribution is 2.15. The summed E-state index contributed by atoms with van der Waals surface area (Å²) in [7, 11) is 0. The lowest BCUT2D eigenvalue weighted by atomic mass is 10.1. The lowest BCUT2D eigenvalue weighted by Gasteiger charge is -2.16. The van der Waals surface area contributed by atoms with Crippen LogP contribution in [0.3, 0.4) is 0 Å². The summed E-state index contributed by atoms with van der Waals surface area (Å²) in [5.74, 6) is -0.389. The van der Waals surface area contributed by atoms with E-state index in [1.54, 1.807) is 22.9 Å². The third-order valence-corrected chi connectivity index (χ3v) is 5.20. The van der Waals surface area contributed by atoms with Crippen LogP contribution in [0.2, 0.25) is 0 Å². The first-order valence-electron chi connectivity index (χ1n) is 9.93. The molecule has 1 amide bonds. The average Bonchev–Trinajstić information content (AvgIpc) is 2.77. The maximum Gasteiger partial charge on any atom is 0.265 e. The van der Waals surface area contributed by atoms with Gasteiger partial charge in [0.1, 0.15) is 11.2 Å². The van der Waals surface area contributed by atoms with Gasteiger partial charge in [0, 0.05) is 11.6 Å². The molecule has 2 heterocycles. The molecular formula is C25H23N3O2. The first kappa shape index (κ1) is 19.6. The van der Waals surface area contributed by atoms with Gasteiger partial charge in [0.15, 0.2) is 0 Å². The molecule has 0 aliphatic heterocycles. The number of nitrogens with zero attached hydrogens (tertiary/aromatic N) is 2. The van der Waals surface area contributed by atoms with Crippen molar-refractivity contribution in [1.29, 1.82) is 0 Å². The maximum atomic E-state index is 13.3. The monoisotopic (exact) mass is 397 g/mol. The molecule has 0 radical (unpaired) electrons. The molecule has 1 N–H and O–H groups in total. The van der Waals surface area contributed by atoms with Crippen LogP contribution < -0.4 is 10.9 Å². The van der Waals surface area contributed by atoms with Crippen molar-refractivity contribution in [3.63, 3.8) is 0 Å². The van der Waals surface area contributed by atoms with Crippen molar-refractivity contribution in [2.75, 3.05) is 0 Å². The van der Waals surface area contributed by atoms with Crippen LogP contribution in [-0.2, 0) is 6.54 Å². The number of pyridine rings is 2. The molecule has 5 nitrogen and oxygen atoms in total. The van der Waals surface area contributed by atoms with E-state index in [0.717, 1.165) is 22.1 Å². The molecule has 0 aliphatic rings. The van der Waals surface area contributed by atoms with Gasteiger partial charge in [0.05, 0.1) is 12.6 Å². The molecule has 2 aromatic heterocycles. The quantitative estimate of drug-likeness (QED) is 0.548. The van der Waals surface area contributed by atoms with Crippen LogP contribution in [-0.4, -0.2) is 15.5 Å². The highest BCUT2D eigenvalue weighted by molar-refractivity contribution is 5.97. The lowest BCUT2D eigenvalue weighted by Crippen LogP contribution is -2.35. The fraction of sp³-hybridized carbons (Fsp3) is 0.160. The number of carbonyl (C=O) groups excluding carboxylic acids is 1. The van der Waals surface area contributed by atoms with E-state index in [1.165, 1.54) is 0 Å². The number of hydrogen-bond donors (Lipinski definition) is 1. The van der Waals surface area contributed by atoms with Crippen LogP contribution in [0.4, 0.5) is 0 Å². The Bertz CT molecular complexity index is 1250. The average molecular weight is 397 g/mol. The van der Waals surface area contributed by atoms with Crippen LogP contribution in [0, 0.1) is 6.92 Å². The number of aryl methyl sites for hydroxylation is 1. The summed E-state index contributed by atoms with van der Waals surface area (Å²) in [5, 5.41) is 3.70. The van der Waals surface area contributed by atoms with E-state index in [9.17, 15) is 9.59 Å². The third-order valence-electron chi connectivity index (χ3n) is 5.20. The van der Waals surface area contributed by atoms with E-state index in [1.807, 2.05) is 74.5 Å². The summed E-state index contributed by atoms with van der Waals surface area (Å²) >= 11 is 0. The Balaban J connectivity index is 1.73. The van der Waals surface area contributed by atoms with Gasteiger partial charge in [0.2, 0.25) is 0 Å². The SMILES string of the molecule is Cc1ccc(Cn2c(=O)c(C(=O)NC(C)c3ccccc3)cc3cccnc32)cc1. The van der Waals surface area contributed by atoms with Gasteiger partial charge >= 0.3 is 0 Å². The van der Waals surface area contributed by atoms with Crippen LogP contribution >= 0.6 is 0 Å². The summed E-state index contributed by atoms with van der Waals surface area (Å²) in [6, 6.07) is 22.7.